The summed E-state index contributed by atoms with van der Waals surface area (Å²) in [5.74, 6) is 0.626. The van der Waals surface area contributed by atoms with Gasteiger partial charge in [0.15, 0.2) is 5.13 Å². The number of nitrogens with one attached hydrogen (secondary N) is 1. The Morgan fingerprint density at radius 3 is 2.63 bits per heavy atom. The molecule has 0 bridgehead atoms. The van der Waals surface area contributed by atoms with Gasteiger partial charge in [-0.25, -0.2) is 9.97 Å². The molecule has 104 valence electrons. The molecule has 2 aromatic rings. The second-order valence-electron chi connectivity index (χ2n) is 6.09. The molecule has 0 spiro atoms. The molecule has 0 saturated heterocycles. The summed E-state index contributed by atoms with van der Waals surface area (Å²) in [5.41, 5.74) is 4.16. The zero-order valence-electron chi connectivity index (χ0n) is 12.2. The van der Waals surface area contributed by atoms with Crippen molar-refractivity contribution in [3.8, 4) is 10.6 Å². The molecular weight excluding hydrogens is 274 g/mol. The first-order valence-electron chi connectivity index (χ1n) is 6.51. The van der Waals surface area contributed by atoms with Gasteiger partial charge in [0.1, 0.15) is 0 Å². The van der Waals surface area contributed by atoms with Crippen molar-refractivity contribution >= 4 is 27.8 Å². The Kier molecular flexibility index (Phi) is 4.26. The van der Waals surface area contributed by atoms with E-state index in [2.05, 4.69) is 55.3 Å². The van der Waals surface area contributed by atoms with Crippen molar-refractivity contribution in [1.82, 2.24) is 9.97 Å². The molecule has 0 aromatic carbocycles. The molecule has 0 aliphatic rings. The lowest BCUT2D eigenvalue weighted by Crippen LogP contribution is -2.12. The molecule has 0 fully saturated rings. The van der Waals surface area contributed by atoms with E-state index in [-0.39, 0.29) is 5.41 Å². The molecule has 2 heterocycles. The number of nitrogens with zero attached hydrogens (tertiary/aromatic N) is 2. The molecule has 0 unspecified atom stereocenters. The zero-order chi connectivity index (χ0) is 14.0. The van der Waals surface area contributed by atoms with Gasteiger partial charge in [-0.1, -0.05) is 34.6 Å². The van der Waals surface area contributed by atoms with Crippen molar-refractivity contribution in [3.63, 3.8) is 0 Å². The number of hydrogen-bond acceptors (Lipinski definition) is 5. The van der Waals surface area contributed by atoms with Gasteiger partial charge in [-0.3, -0.25) is 0 Å². The summed E-state index contributed by atoms with van der Waals surface area (Å²) in [6.07, 6.45) is 0. The zero-order valence-corrected chi connectivity index (χ0v) is 13.8. The van der Waals surface area contributed by atoms with E-state index in [9.17, 15) is 0 Å². The van der Waals surface area contributed by atoms with E-state index in [1.54, 1.807) is 22.7 Å². The third-order valence-electron chi connectivity index (χ3n) is 2.68. The fourth-order valence-electron chi connectivity index (χ4n) is 1.71. The summed E-state index contributed by atoms with van der Waals surface area (Å²) in [7, 11) is 0. The molecule has 3 nitrogen and oxygen atoms in total. The molecule has 2 aromatic heterocycles. The average Bonchev–Trinajstić information content (AvgIpc) is 2.93. The van der Waals surface area contributed by atoms with Gasteiger partial charge in [-0.2, -0.15) is 0 Å². The van der Waals surface area contributed by atoms with Crippen LogP contribution in [0.5, 0.6) is 0 Å². The van der Waals surface area contributed by atoms with Crippen LogP contribution < -0.4 is 5.32 Å². The third-order valence-corrected chi connectivity index (χ3v) is 4.33. The quantitative estimate of drug-likeness (QED) is 0.893. The summed E-state index contributed by atoms with van der Waals surface area (Å²) >= 11 is 3.34. The molecule has 0 atom stereocenters. The summed E-state index contributed by atoms with van der Waals surface area (Å²) in [6, 6.07) is 0. The summed E-state index contributed by atoms with van der Waals surface area (Å²) in [6.45, 7) is 11.9. The van der Waals surface area contributed by atoms with E-state index in [0.717, 1.165) is 23.1 Å². The number of anilines is 1. The number of aromatic nitrogens is 2. The Bertz CT molecular complexity index is 535. The maximum Gasteiger partial charge on any atom is 0.183 e. The average molecular weight is 295 g/mol. The van der Waals surface area contributed by atoms with Gasteiger partial charge in [0.05, 0.1) is 21.8 Å². The van der Waals surface area contributed by atoms with Gasteiger partial charge in [0.25, 0.3) is 0 Å². The van der Waals surface area contributed by atoms with Crippen molar-refractivity contribution in [2.24, 2.45) is 5.92 Å². The summed E-state index contributed by atoms with van der Waals surface area (Å²) < 4.78 is 0. The minimum atomic E-state index is 0.0600. The molecule has 5 heteroatoms. The largest absolute Gasteiger partial charge is 0.361 e. The van der Waals surface area contributed by atoms with Crippen LogP contribution in [0, 0.1) is 5.92 Å². The SMILES string of the molecule is CC(C)CNc1nc(-c2scnc2C(C)(C)C)cs1. The molecule has 0 saturated carbocycles. The lowest BCUT2D eigenvalue weighted by Gasteiger charge is -2.16. The monoisotopic (exact) mass is 295 g/mol. The molecule has 2 rings (SSSR count). The highest BCUT2D eigenvalue weighted by molar-refractivity contribution is 7.15. The first-order chi connectivity index (χ1) is 8.88. The molecule has 0 radical (unpaired) electrons. The normalized spacial score (nSPS) is 12.1. The second kappa shape index (κ2) is 5.59. The van der Waals surface area contributed by atoms with Crippen LogP contribution in [-0.4, -0.2) is 16.5 Å². The van der Waals surface area contributed by atoms with Crippen LogP contribution in [0.15, 0.2) is 10.9 Å². The first kappa shape index (κ1) is 14.5. The van der Waals surface area contributed by atoms with Gasteiger partial charge in [0, 0.05) is 17.3 Å². The third kappa shape index (κ3) is 3.54. The highest BCUT2D eigenvalue weighted by Gasteiger charge is 2.23. The Labute approximate surface area is 123 Å². The van der Waals surface area contributed by atoms with E-state index in [4.69, 9.17) is 0 Å². The minimum absolute atomic E-state index is 0.0600. The smallest absolute Gasteiger partial charge is 0.183 e. The number of rotatable bonds is 4. The van der Waals surface area contributed by atoms with E-state index in [1.807, 2.05) is 5.51 Å². The van der Waals surface area contributed by atoms with Crippen LogP contribution in [0.1, 0.15) is 40.3 Å². The van der Waals surface area contributed by atoms with E-state index < -0.39 is 0 Å². The predicted molar refractivity (Wildman–Crippen MR) is 85.2 cm³/mol. The highest BCUT2D eigenvalue weighted by atomic mass is 32.1. The van der Waals surface area contributed by atoms with Gasteiger partial charge in [-0.05, 0) is 5.92 Å². The van der Waals surface area contributed by atoms with Crippen molar-refractivity contribution in [1.29, 1.82) is 0 Å². The Morgan fingerprint density at radius 1 is 1.26 bits per heavy atom. The number of hydrogen-bond donors (Lipinski definition) is 1. The van der Waals surface area contributed by atoms with Crippen LogP contribution >= 0.6 is 22.7 Å². The van der Waals surface area contributed by atoms with E-state index in [1.165, 1.54) is 4.88 Å². The fraction of sp³-hybridized carbons (Fsp3) is 0.571. The standard InChI is InChI=1S/C14H21N3S2/c1-9(2)6-15-13-17-10(7-18-13)11-12(14(3,4)5)16-8-19-11/h7-9H,6H2,1-5H3,(H,15,17). The topological polar surface area (TPSA) is 37.8 Å². The van der Waals surface area contributed by atoms with Crippen molar-refractivity contribution in [3.05, 3.63) is 16.6 Å². The maximum absolute atomic E-state index is 4.68. The van der Waals surface area contributed by atoms with Gasteiger partial charge >= 0.3 is 0 Å². The lowest BCUT2D eigenvalue weighted by atomic mass is 9.91. The first-order valence-corrected chi connectivity index (χ1v) is 8.27. The van der Waals surface area contributed by atoms with Crippen molar-refractivity contribution < 1.29 is 0 Å². The summed E-state index contributed by atoms with van der Waals surface area (Å²) in [5, 5.41) is 6.49. The number of thiazole rings is 2. The molecular formula is C14H21N3S2. The Hall–Kier alpha value is -0.940. The lowest BCUT2D eigenvalue weighted by molar-refractivity contribution is 0.574. The molecule has 0 amide bonds. The molecule has 1 N–H and O–H groups in total. The second-order valence-corrected chi connectivity index (χ2v) is 7.81. The fourth-order valence-corrected chi connectivity index (χ4v) is 3.46. The van der Waals surface area contributed by atoms with Gasteiger partial charge < -0.3 is 5.32 Å². The molecule has 19 heavy (non-hydrogen) atoms. The van der Waals surface area contributed by atoms with Gasteiger partial charge in [-0.15, -0.1) is 22.7 Å². The van der Waals surface area contributed by atoms with Crippen LogP contribution in [0.25, 0.3) is 10.6 Å². The predicted octanol–water partition coefficient (Wildman–Crippen LogP) is 4.63. The van der Waals surface area contributed by atoms with E-state index >= 15 is 0 Å². The minimum Gasteiger partial charge on any atom is -0.361 e. The van der Waals surface area contributed by atoms with Crippen molar-refractivity contribution in [2.75, 3.05) is 11.9 Å². The molecule has 0 aliphatic carbocycles. The van der Waals surface area contributed by atoms with Crippen LogP contribution in [0.4, 0.5) is 5.13 Å². The Balaban J connectivity index is 2.21. The molecule has 0 aliphatic heterocycles. The van der Waals surface area contributed by atoms with Crippen LogP contribution in [0.3, 0.4) is 0 Å². The van der Waals surface area contributed by atoms with Crippen molar-refractivity contribution in [2.45, 2.75) is 40.0 Å². The Morgan fingerprint density at radius 2 is 2.00 bits per heavy atom. The van der Waals surface area contributed by atoms with Crippen LogP contribution in [-0.2, 0) is 5.41 Å². The van der Waals surface area contributed by atoms with Crippen LogP contribution in [0.2, 0.25) is 0 Å². The maximum atomic E-state index is 4.68. The van der Waals surface area contributed by atoms with E-state index in [0.29, 0.717) is 5.92 Å². The highest BCUT2D eigenvalue weighted by Crippen LogP contribution is 2.36. The van der Waals surface area contributed by atoms with Gasteiger partial charge in [0.2, 0.25) is 0 Å². The summed E-state index contributed by atoms with van der Waals surface area (Å²) in [4.78, 5) is 10.4.